The normalized spacial score (nSPS) is 13.4. The molecule has 4 nitrogen and oxygen atoms in total. The summed E-state index contributed by atoms with van der Waals surface area (Å²) in [6.45, 7) is 12.9. The predicted molar refractivity (Wildman–Crippen MR) is 98.7 cm³/mol. The van der Waals surface area contributed by atoms with Crippen LogP contribution in [0, 0.1) is 6.92 Å². The molecule has 126 valence electrons. The van der Waals surface area contributed by atoms with Crippen LogP contribution in [0.2, 0.25) is 0 Å². The first-order valence-corrected chi connectivity index (χ1v) is 8.82. The molecule has 0 bridgehead atoms. The molecule has 0 saturated carbocycles. The minimum atomic E-state index is -1.41. The molecule has 1 aromatic heterocycles. The molecule has 5 heteroatoms. The van der Waals surface area contributed by atoms with Gasteiger partial charge in [0, 0.05) is 0 Å². The van der Waals surface area contributed by atoms with E-state index in [2.05, 4.69) is 4.40 Å². The topological polar surface area (TPSA) is 59.6 Å². The van der Waals surface area contributed by atoms with Crippen LogP contribution in [0.4, 0.5) is 0 Å². The molecule has 0 aliphatic heterocycles. The first-order chi connectivity index (χ1) is 10.7. The number of aryl methyl sites for hydroxylation is 1. The highest BCUT2D eigenvalue weighted by Crippen LogP contribution is 2.17. The van der Waals surface area contributed by atoms with Gasteiger partial charge < -0.3 is 4.42 Å². The van der Waals surface area contributed by atoms with Gasteiger partial charge in [-0.05, 0) is 46.8 Å². The van der Waals surface area contributed by atoms with E-state index < -0.39 is 15.7 Å². The summed E-state index contributed by atoms with van der Waals surface area (Å²) in [6, 6.07) is 7.09. The van der Waals surface area contributed by atoms with E-state index in [0.717, 1.165) is 0 Å². The maximum Gasteiger partial charge on any atom is 0.202 e. The maximum absolute atomic E-state index is 12.6. The van der Waals surface area contributed by atoms with E-state index in [1.54, 1.807) is 32.0 Å². The van der Waals surface area contributed by atoms with Crippen molar-refractivity contribution in [3.05, 3.63) is 45.8 Å². The second-order valence-electron chi connectivity index (χ2n) is 5.90. The van der Waals surface area contributed by atoms with Crippen molar-refractivity contribution < 1.29 is 8.63 Å². The van der Waals surface area contributed by atoms with Crippen LogP contribution in [0.15, 0.2) is 37.9 Å². The summed E-state index contributed by atoms with van der Waals surface area (Å²) in [6.07, 6.45) is 0. The minimum absolute atomic E-state index is 0.137. The van der Waals surface area contributed by atoms with Gasteiger partial charge in [-0.15, -0.1) is 0 Å². The Kier molecular flexibility index (Phi) is 6.45. The molecule has 0 aliphatic carbocycles. The lowest BCUT2D eigenvalue weighted by molar-refractivity contribution is 0.563. The highest BCUT2D eigenvalue weighted by atomic mass is 32.2. The molecular formula is C18H25NO3S. The zero-order valence-electron chi connectivity index (χ0n) is 14.9. The molecule has 1 atom stereocenters. The monoisotopic (exact) mass is 335 g/mol. The number of benzene rings is 1. The van der Waals surface area contributed by atoms with Gasteiger partial charge in [0.25, 0.3) is 0 Å². The molecule has 0 radical (unpaired) electrons. The second kappa shape index (κ2) is 7.68. The Hall–Kier alpha value is -1.75. The first kappa shape index (κ1) is 19.3. The van der Waals surface area contributed by atoms with Crippen molar-refractivity contribution in [3.63, 3.8) is 0 Å². The third-order valence-corrected chi connectivity index (χ3v) is 4.57. The van der Waals surface area contributed by atoms with E-state index in [-0.39, 0.29) is 5.43 Å². The SMILES string of the molecule is CC.CC(=NS(=O)C(C)(C)C)c1c(C)oc2ccccc2c1=O. The Bertz CT molecular complexity index is 798. The van der Waals surface area contributed by atoms with Gasteiger partial charge in [0.2, 0.25) is 5.43 Å². The van der Waals surface area contributed by atoms with Crippen LogP contribution in [-0.2, 0) is 11.0 Å². The van der Waals surface area contributed by atoms with Crippen molar-refractivity contribution in [2.24, 2.45) is 4.40 Å². The molecule has 2 aromatic rings. The van der Waals surface area contributed by atoms with Crippen molar-refractivity contribution in [1.29, 1.82) is 0 Å². The highest BCUT2D eigenvalue weighted by molar-refractivity contribution is 7.85. The molecule has 0 fully saturated rings. The van der Waals surface area contributed by atoms with Crippen LogP contribution in [0.5, 0.6) is 0 Å². The number of nitrogens with zero attached hydrogens (tertiary/aromatic N) is 1. The summed E-state index contributed by atoms with van der Waals surface area (Å²) >= 11 is 0. The average Bonchev–Trinajstić information content (AvgIpc) is 2.48. The highest BCUT2D eigenvalue weighted by Gasteiger charge is 2.21. The van der Waals surface area contributed by atoms with Crippen LogP contribution in [0.3, 0.4) is 0 Å². The molecule has 0 spiro atoms. The molecule has 1 aromatic carbocycles. The standard InChI is InChI=1S/C16H19NO3S.C2H6/c1-10(17-21(19)16(3,4)5)14-11(2)20-13-9-7-6-8-12(13)15(14)18;1-2/h6-9H,1-5H3;1-2H3. The van der Waals surface area contributed by atoms with E-state index in [1.165, 1.54) is 0 Å². The number of hydrogen-bond donors (Lipinski definition) is 0. The number of rotatable bonds is 2. The van der Waals surface area contributed by atoms with Crippen LogP contribution >= 0.6 is 0 Å². The Balaban J connectivity index is 0.00000127. The quantitative estimate of drug-likeness (QED) is 0.764. The lowest BCUT2D eigenvalue weighted by Crippen LogP contribution is -2.22. The van der Waals surface area contributed by atoms with Crippen molar-refractivity contribution in [1.82, 2.24) is 0 Å². The van der Waals surface area contributed by atoms with Crippen molar-refractivity contribution in [2.75, 3.05) is 0 Å². The summed E-state index contributed by atoms with van der Waals surface area (Å²) in [7, 11) is -1.41. The zero-order chi connectivity index (χ0) is 17.8. The molecule has 0 amide bonds. The first-order valence-electron chi connectivity index (χ1n) is 7.72. The van der Waals surface area contributed by atoms with Gasteiger partial charge in [-0.2, -0.15) is 4.40 Å². The van der Waals surface area contributed by atoms with E-state index in [9.17, 15) is 9.00 Å². The Morgan fingerprint density at radius 3 is 2.30 bits per heavy atom. The summed E-state index contributed by atoms with van der Waals surface area (Å²) < 4.78 is 21.5. The fraction of sp³-hybridized carbons (Fsp3) is 0.444. The number of hydrogen-bond acceptors (Lipinski definition) is 3. The van der Waals surface area contributed by atoms with Gasteiger partial charge in [-0.1, -0.05) is 26.0 Å². The van der Waals surface area contributed by atoms with Gasteiger partial charge in [-0.3, -0.25) is 4.79 Å². The summed E-state index contributed by atoms with van der Waals surface area (Å²) in [5.74, 6) is 0.492. The smallest absolute Gasteiger partial charge is 0.202 e. The fourth-order valence-corrected chi connectivity index (χ4v) is 2.59. The van der Waals surface area contributed by atoms with Crippen molar-refractivity contribution >= 4 is 27.7 Å². The van der Waals surface area contributed by atoms with Crippen LogP contribution in [-0.4, -0.2) is 14.7 Å². The maximum atomic E-state index is 12.6. The van der Waals surface area contributed by atoms with Crippen LogP contribution < -0.4 is 5.43 Å². The van der Waals surface area contributed by atoms with Gasteiger partial charge in [0.05, 0.1) is 21.4 Å². The largest absolute Gasteiger partial charge is 0.460 e. The Labute approximate surface area is 140 Å². The van der Waals surface area contributed by atoms with Gasteiger partial charge >= 0.3 is 0 Å². The van der Waals surface area contributed by atoms with Crippen molar-refractivity contribution in [2.45, 2.75) is 53.2 Å². The van der Waals surface area contributed by atoms with Crippen LogP contribution in [0.1, 0.15) is 52.9 Å². The molecule has 2 rings (SSSR count). The lowest BCUT2D eigenvalue weighted by Gasteiger charge is -2.14. The van der Waals surface area contributed by atoms with E-state index in [4.69, 9.17) is 4.42 Å². The summed E-state index contributed by atoms with van der Waals surface area (Å²) in [5.41, 5.74) is 1.25. The predicted octanol–water partition coefficient (Wildman–Crippen LogP) is 4.40. The van der Waals surface area contributed by atoms with Gasteiger partial charge in [0.1, 0.15) is 22.3 Å². The summed E-state index contributed by atoms with van der Waals surface area (Å²) in [5, 5.41) is 0.509. The second-order valence-corrected chi connectivity index (χ2v) is 7.80. The molecule has 0 N–H and O–H groups in total. The molecular weight excluding hydrogens is 310 g/mol. The van der Waals surface area contributed by atoms with Gasteiger partial charge in [-0.25, -0.2) is 4.21 Å². The average molecular weight is 335 g/mol. The minimum Gasteiger partial charge on any atom is -0.460 e. The van der Waals surface area contributed by atoms with E-state index >= 15 is 0 Å². The fourth-order valence-electron chi connectivity index (χ4n) is 1.98. The Morgan fingerprint density at radius 2 is 1.74 bits per heavy atom. The van der Waals surface area contributed by atoms with Crippen molar-refractivity contribution in [3.8, 4) is 0 Å². The molecule has 0 saturated heterocycles. The zero-order valence-corrected chi connectivity index (χ0v) is 15.7. The Morgan fingerprint density at radius 1 is 1.17 bits per heavy atom. The number of fused-ring (bicyclic) bond motifs is 1. The summed E-state index contributed by atoms with van der Waals surface area (Å²) in [4.78, 5) is 12.6. The molecule has 23 heavy (non-hydrogen) atoms. The molecule has 0 aliphatic rings. The number of para-hydroxylation sites is 1. The van der Waals surface area contributed by atoms with Gasteiger partial charge in [0.15, 0.2) is 0 Å². The van der Waals surface area contributed by atoms with Crippen LogP contribution in [0.25, 0.3) is 11.0 Å². The van der Waals surface area contributed by atoms with E-state index in [0.29, 0.717) is 28.0 Å². The third-order valence-electron chi connectivity index (χ3n) is 3.08. The molecule has 1 unspecified atom stereocenters. The molecule has 1 heterocycles. The van der Waals surface area contributed by atoms with E-state index in [1.807, 2.05) is 40.7 Å². The lowest BCUT2D eigenvalue weighted by atomic mass is 10.1. The third kappa shape index (κ3) is 4.38.